The fraction of sp³-hybridized carbons (Fsp3) is 0.333. The number of hydrogen-bond donors (Lipinski definition) is 1. The largest absolute Gasteiger partial charge is 0.367 e. The number of nitrogens with one attached hydrogen (secondary N) is 1. The number of halogens is 2. The van der Waals surface area contributed by atoms with E-state index in [9.17, 15) is 18.4 Å². The number of carbonyl (C=O) groups is 2. The molecule has 0 spiro atoms. The van der Waals surface area contributed by atoms with E-state index in [2.05, 4.69) is 10.2 Å². The highest BCUT2D eigenvalue weighted by Gasteiger charge is 2.20. The lowest BCUT2D eigenvalue weighted by Gasteiger charge is -2.36. The van der Waals surface area contributed by atoms with Crippen molar-refractivity contribution < 1.29 is 18.4 Å². The summed E-state index contributed by atoms with van der Waals surface area (Å²) in [6, 6.07) is 10.6. The van der Waals surface area contributed by atoms with Crippen molar-refractivity contribution in [3.05, 3.63) is 59.7 Å². The predicted molar refractivity (Wildman–Crippen MR) is 105 cm³/mol. The van der Waals surface area contributed by atoms with Crippen LogP contribution in [0.2, 0.25) is 0 Å². The average molecular weight is 387 g/mol. The number of benzene rings is 2. The summed E-state index contributed by atoms with van der Waals surface area (Å²) in [5.74, 6) is -1.25. The lowest BCUT2D eigenvalue weighted by atomic mass is 10.1. The minimum Gasteiger partial charge on any atom is -0.367 e. The third-order valence-electron chi connectivity index (χ3n) is 4.87. The molecule has 3 rings (SSSR count). The van der Waals surface area contributed by atoms with Crippen LogP contribution in [0.1, 0.15) is 23.7 Å². The van der Waals surface area contributed by atoms with Gasteiger partial charge in [-0.2, -0.15) is 0 Å². The lowest BCUT2D eigenvalue weighted by molar-refractivity contribution is -0.116. The number of ketones is 1. The molecule has 0 unspecified atom stereocenters. The Morgan fingerprint density at radius 2 is 1.71 bits per heavy atom. The fourth-order valence-electron chi connectivity index (χ4n) is 3.23. The van der Waals surface area contributed by atoms with Gasteiger partial charge in [-0.3, -0.25) is 14.5 Å². The molecule has 28 heavy (non-hydrogen) atoms. The smallest absolute Gasteiger partial charge is 0.225 e. The van der Waals surface area contributed by atoms with Gasteiger partial charge >= 0.3 is 0 Å². The Morgan fingerprint density at radius 1 is 1.00 bits per heavy atom. The number of nitrogens with zero attached hydrogens (tertiary/aromatic N) is 2. The van der Waals surface area contributed by atoms with E-state index in [1.54, 1.807) is 24.3 Å². The van der Waals surface area contributed by atoms with Crippen molar-refractivity contribution in [1.82, 2.24) is 4.90 Å². The molecule has 1 amide bonds. The average Bonchev–Trinajstić information content (AvgIpc) is 2.68. The molecular weight excluding hydrogens is 364 g/mol. The van der Waals surface area contributed by atoms with E-state index >= 15 is 0 Å². The molecule has 7 heteroatoms. The van der Waals surface area contributed by atoms with Crippen LogP contribution in [0, 0.1) is 11.6 Å². The SMILES string of the molecule is CC(=O)c1ccc(N2CCN(CCC(=O)Nc3ccccc3F)CC2)c(F)c1. The molecule has 0 atom stereocenters. The van der Waals surface area contributed by atoms with Gasteiger partial charge in [0.05, 0.1) is 11.4 Å². The van der Waals surface area contributed by atoms with Gasteiger partial charge < -0.3 is 10.2 Å². The van der Waals surface area contributed by atoms with Gasteiger partial charge in [0.1, 0.15) is 11.6 Å². The summed E-state index contributed by atoms with van der Waals surface area (Å²) >= 11 is 0. The topological polar surface area (TPSA) is 52.7 Å². The number of hydrogen-bond acceptors (Lipinski definition) is 4. The second-order valence-electron chi connectivity index (χ2n) is 6.83. The highest BCUT2D eigenvalue weighted by Crippen LogP contribution is 2.22. The van der Waals surface area contributed by atoms with Gasteiger partial charge in [0.2, 0.25) is 5.91 Å². The Hall–Kier alpha value is -2.80. The third-order valence-corrected chi connectivity index (χ3v) is 4.87. The summed E-state index contributed by atoms with van der Waals surface area (Å²) in [4.78, 5) is 27.4. The maximum absolute atomic E-state index is 14.3. The standard InChI is InChI=1S/C21H23F2N3O2/c1-15(27)16-6-7-20(18(23)14-16)26-12-10-25(11-13-26)9-8-21(28)24-19-5-3-2-4-17(19)22/h2-7,14H,8-13H2,1H3,(H,24,28). The van der Waals surface area contributed by atoms with Crippen molar-refractivity contribution in [3.8, 4) is 0 Å². The van der Waals surface area contributed by atoms with E-state index in [1.165, 1.54) is 25.1 Å². The highest BCUT2D eigenvalue weighted by atomic mass is 19.1. The molecular formula is C21H23F2N3O2. The maximum atomic E-state index is 14.3. The van der Waals surface area contributed by atoms with Crippen molar-refractivity contribution in [2.75, 3.05) is 42.9 Å². The third kappa shape index (κ3) is 4.92. The molecule has 1 heterocycles. The van der Waals surface area contributed by atoms with E-state index in [4.69, 9.17) is 0 Å². The molecule has 2 aromatic carbocycles. The molecule has 0 bridgehead atoms. The fourth-order valence-corrected chi connectivity index (χ4v) is 3.23. The van der Waals surface area contributed by atoms with Crippen LogP contribution < -0.4 is 10.2 Å². The van der Waals surface area contributed by atoms with Gasteiger partial charge in [0, 0.05) is 44.7 Å². The predicted octanol–water partition coefficient (Wildman–Crippen LogP) is 3.32. The van der Waals surface area contributed by atoms with Gasteiger partial charge in [-0.15, -0.1) is 0 Å². The lowest BCUT2D eigenvalue weighted by Crippen LogP contribution is -2.47. The van der Waals surface area contributed by atoms with Crippen LogP contribution in [0.3, 0.4) is 0 Å². The summed E-state index contributed by atoms with van der Waals surface area (Å²) in [5, 5.41) is 2.58. The zero-order valence-corrected chi connectivity index (χ0v) is 15.8. The van der Waals surface area contributed by atoms with Crippen LogP contribution in [0.15, 0.2) is 42.5 Å². The molecule has 0 saturated carbocycles. The molecule has 1 fully saturated rings. The molecule has 0 aliphatic carbocycles. The Kier molecular flexibility index (Phi) is 6.36. The second kappa shape index (κ2) is 8.93. The van der Waals surface area contributed by atoms with E-state index < -0.39 is 11.6 Å². The van der Waals surface area contributed by atoms with Gasteiger partial charge in [0.15, 0.2) is 5.78 Å². The van der Waals surface area contributed by atoms with Gasteiger partial charge in [-0.25, -0.2) is 8.78 Å². The molecule has 0 aromatic heterocycles. The minimum absolute atomic E-state index is 0.163. The Labute approximate surface area is 162 Å². The van der Waals surface area contributed by atoms with E-state index in [0.717, 1.165) is 0 Å². The van der Waals surface area contributed by atoms with E-state index in [-0.39, 0.29) is 23.8 Å². The first kappa shape index (κ1) is 19.9. The summed E-state index contributed by atoms with van der Waals surface area (Å²) in [6.07, 6.45) is 0.260. The zero-order valence-electron chi connectivity index (χ0n) is 15.8. The molecule has 1 aliphatic rings. The number of piperazine rings is 1. The molecule has 1 saturated heterocycles. The summed E-state index contributed by atoms with van der Waals surface area (Å²) in [7, 11) is 0. The highest BCUT2D eigenvalue weighted by molar-refractivity contribution is 5.94. The molecule has 0 radical (unpaired) electrons. The van der Waals surface area contributed by atoms with Crippen LogP contribution >= 0.6 is 0 Å². The second-order valence-corrected chi connectivity index (χ2v) is 6.83. The van der Waals surface area contributed by atoms with Crippen molar-refractivity contribution in [3.63, 3.8) is 0 Å². The van der Waals surface area contributed by atoms with Crippen LogP contribution in [-0.4, -0.2) is 49.3 Å². The number of anilines is 2. The monoisotopic (exact) mass is 387 g/mol. The summed E-state index contributed by atoms with van der Waals surface area (Å²) in [6.45, 7) is 4.62. The molecule has 5 nitrogen and oxygen atoms in total. The number of carbonyl (C=O) groups excluding carboxylic acids is 2. The summed E-state index contributed by atoms with van der Waals surface area (Å²) < 4.78 is 27.9. The van der Waals surface area contributed by atoms with Crippen molar-refractivity contribution in [2.24, 2.45) is 0 Å². The van der Waals surface area contributed by atoms with Crippen LogP contribution in [0.25, 0.3) is 0 Å². The first-order valence-electron chi connectivity index (χ1n) is 9.26. The van der Waals surface area contributed by atoms with E-state index in [0.29, 0.717) is 44.0 Å². The van der Waals surface area contributed by atoms with Crippen LogP contribution in [0.4, 0.5) is 20.2 Å². The first-order valence-corrected chi connectivity index (χ1v) is 9.26. The summed E-state index contributed by atoms with van der Waals surface area (Å²) in [5.41, 5.74) is 1.03. The van der Waals surface area contributed by atoms with Crippen LogP contribution in [0.5, 0.6) is 0 Å². The van der Waals surface area contributed by atoms with Gasteiger partial charge in [-0.05, 0) is 37.3 Å². The van der Waals surface area contributed by atoms with Crippen molar-refractivity contribution >= 4 is 23.1 Å². The maximum Gasteiger partial charge on any atom is 0.225 e. The molecule has 1 N–H and O–H groups in total. The Bertz CT molecular complexity index is 864. The minimum atomic E-state index is -0.456. The normalized spacial score (nSPS) is 14.8. The van der Waals surface area contributed by atoms with Crippen molar-refractivity contribution in [2.45, 2.75) is 13.3 Å². The first-order chi connectivity index (χ1) is 13.4. The Balaban J connectivity index is 1.47. The number of para-hydroxylation sites is 1. The molecule has 1 aliphatic heterocycles. The molecule has 148 valence electrons. The Morgan fingerprint density at radius 3 is 2.36 bits per heavy atom. The van der Waals surface area contributed by atoms with Crippen LogP contribution in [-0.2, 0) is 4.79 Å². The zero-order chi connectivity index (χ0) is 20.1. The number of rotatable bonds is 6. The molecule has 2 aromatic rings. The number of Topliss-reactive ketones (excluding diaryl/α,β-unsaturated/α-hetero) is 1. The quantitative estimate of drug-likeness (QED) is 0.773. The van der Waals surface area contributed by atoms with Gasteiger partial charge in [0.25, 0.3) is 0 Å². The van der Waals surface area contributed by atoms with E-state index in [1.807, 2.05) is 4.90 Å². The van der Waals surface area contributed by atoms with Crippen molar-refractivity contribution in [1.29, 1.82) is 0 Å². The number of amides is 1. The van der Waals surface area contributed by atoms with Gasteiger partial charge in [-0.1, -0.05) is 12.1 Å².